The fraction of sp³-hybridized carbons (Fsp3) is 0.400. The van der Waals surface area contributed by atoms with E-state index in [0.717, 1.165) is 15.9 Å². The Morgan fingerprint density at radius 1 is 1.46 bits per heavy atom. The predicted octanol–water partition coefficient (Wildman–Crippen LogP) is 3.03. The predicted molar refractivity (Wildman–Crippen MR) is 57.3 cm³/mol. The highest BCUT2D eigenvalue weighted by Crippen LogP contribution is 2.34. The average molecular weight is 242 g/mol. The van der Waals surface area contributed by atoms with Crippen molar-refractivity contribution in [2.24, 2.45) is 0 Å². The first-order valence-corrected chi connectivity index (χ1v) is 5.07. The van der Waals surface area contributed by atoms with E-state index in [1.54, 1.807) is 0 Å². The van der Waals surface area contributed by atoms with Crippen molar-refractivity contribution >= 4 is 21.6 Å². The fourth-order valence-corrected chi connectivity index (χ4v) is 1.75. The average Bonchev–Trinajstić information content (AvgIpc) is 2.01. The summed E-state index contributed by atoms with van der Waals surface area (Å²) >= 11 is 3.43. The van der Waals surface area contributed by atoms with Crippen molar-refractivity contribution < 1.29 is 4.74 Å². The van der Waals surface area contributed by atoms with Gasteiger partial charge in [0.15, 0.2) is 0 Å². The Hall–Kier alpha value is -0.700. The number of rotatable bonds is 0. The Morgan fingerprint density at radius 2 is 2.23 bits per heavy atom. The van der Waals surface area contributed by atoms with Crippen LogP contribution >= 0.6 is 15.9 Å². The standard InChI is InChI=1S/C10H12BrNO/c1-10(2)6-13-9-4-3-7(11)5-8(9)12-10/h3-5,12H,6H2,1-2H3. The van der Waals surface area contributed by atoms with Crippen LogP contribution in [-0.4, -0.2) is 12.1 Å². The number of nitrogens with one attached hydrogen (secondary N) is 1. The normalized spacial score (nSPS) is 18.4. The van der Waals surface area contributed by atoms with Crippen molar-refractivity contribution in [3.05, 3.63) is 22.7 Å². The van der Waals surface area contributed by atoms with Gasteiger partial charge < -0.3 is 10.1 Å². The summed E-state index contributed by atoms with van der Waals surface area (Å²) < 4.78 is 6.68. The molecule has 0 bridgehead atoms. The van der Waals surface area contributed by atoms with Crippen LogP contribution in [0.1, 0.15) is 13.8 Å². The topological polar surface area (TPSA) is 21.3 Å². The highest BCUT2D eigenvalue weighted by molar-refractivity contribution is 9.10. The van der Waals surface area contributed by atoms with Gasteiger partial charge in [0.05, 0.1) is 11.2 Å². The van der Waals surface area contributed by atoms with Crippen LogP contribution in [0.2, 0.25) is 0 Å². The van der Waals surface area contributed by atoms with Crippen molar-refractivity contribution in [3.63, 3.8) is 0 Å². The van der Waals surface area contributed by atoms with E-state index >= 15 is 0 Å². The molecule has 1 heterocycles. The maximum Gasteiger partial charge on any atom is 0.142 e. The minimum absolute atomic E-state index is 0.0216. The molecule has 0 aliphatic carbocycles. The maximum absolute atomic E-state index is 5.61. The van der Waals surface area contributed by atoms with Gasteiger partial charge in [-0.15, -0.1) is 0 Å². The summed E-state index contributed by atoms with van der Waals surface area (Å²) in [6, 6.07) is 6.00. The van der Waals surface area contributed by atoms with Gasteiger partial charge in [0, 0.05) is 4.47 Å². The molecular formula is C10H12BrNO. The van der Waals surface area contributed by atoms with E-state index in [-0.39, 0.29) is 5.54 Å². The van der Waals surface area contributed by atoms with Gasteiger partial charge in [0.1, 0.15) is 12.4 Å². The van der Waals surface area contributed by atoms with E-state index in [1.807, 2.05) is 18.2 Å². The molecule has 1 aliphatic rings. The van der Waals surface area contributed by atoms with Crippen molar-refractivity contribution in [1.82, 2.24) is 0 Å². The summed E-state index contributed by atoms with van der Waals surface area (Å²) in [4.78, 5) is 0. The third kappa shape index (κ3) is 1.80. The Labute approximate surface area is 86.4 Å². The van der Waals surface area contributed by atoms with E-state index in [2.05, 4.69) is 35.1 Å². The molecule has 0 fully saturated rings. The quantitative estimate of drug-likeness (QED) is 0.754. The molecule has 0 saturated carbocycles. The molecule has 0 amide bonds. The molecule has 1 aromatic carbocycles. The number of benzene rings is 1. The highest BCUT2D eigenvalue weighted by atomic mass is 79.9. The number of anilines is 1. The summed E-state index contributed by atoms with van der Waals surface area (Å²) in [5.74, 6) is 0.933. The summed E-state index contributed by atoms with van der Waals surface area (Å²) in [6.07, 6.45) is 0. The smallest absolute Gasteiger partial charge is 0.142 e. The minimum atomic E-state index is 0.0216. The van der Waals surface area contributed by atoms with Crippen molar-refractivity contribution in [1.29, 1.82) is 0 Å². The first-order valence-electron chi connectivity index (χ1n) is 4.27. The van der Waals surface area contributed by atoms with Gasteiger partial charge >= 0.3 is 0 Å². The second-order valence-electron chi connectivity index (χ2n) is 3.94. The van der Waals surface area contributed by atoms with Gasteiger partial charge in [-0.1, -0.05) is 15.9 Å². The molecule has 0 aromatic heterocycles. The molecule has 0 unspecified atom stereocenters. The molecule has 13 heavy (non-hydrogen) atoms. The SMILES string of the molecule is CC1(C)COc2ccc(Br)cc2N1. The van der Waals surface area contributed by atoms with Gasteiger partial charge in [-0.2, -0.15) is 0 Å². The Bertz CT molecular complexity index is 336. The lowest BCUT2D eigenvalue weighted by atomic mass is 10.0. The molecule has 0 spiro atoms. The van der Waals surface area contributed by atoms with Crippen LogP contribution in [-0.2, 0) is 0 Å². The van der Waals surface area contributed by atoms with Crippen LogP contribution in [0.15, 0.2) is 22.7 Å². The third-order valence-corrected chi connectivity index (χ3v) is 2.50. The summed E-state index contributed by atoms with van der Waals surface area (Å²) in [5, 5.41) is 3.42. The van der Waals surface area contributed by atoms with E-state index in [1.165, 1.54) is 0 Å². The molecule has 3 heteroatoms. The Kier molecular flexibility index (Phi) is 1.99. The van der Waals surface area contributed by atoms with Crippen LogP contribution in [0.4, 0.5) is 5.69 Å². The summed E-state index contributed by atoms with van der Waals surface area (Å²) in [6.45, 7) is 4.95. The van der Waals surface area contributed by atoms with Gasteiger partial charge in [0.2, 0.25) is 0 Å². The molecule has 1 aromatic rings. The Balaban J connectivity index is 2.38. The molecular weight excluding hydrogens is 230 g/mol. The van der Waals surface area contributed by atoms with E-state index < -0.39 is 0 Å². The lowest BCUT2D eigenvalue weighted by molar-refractivity contribution is 0.242. The lowest BCUT2D eigenvalue weighted by Gasteiger charge is -2.33. The van der Waals surface area contributed by atoms with Gasteiger partial charge in [-0.3, -0.25) is 0 Å². The summed E-state index contributed by atoms with van der Waals surface area (Å²) in [7, 11) is 0. The van der Waals surface area contributed by atoms with Gasteiger partial charge in [-0.05, 0) is 32.0 Å². The van der Waals surface area contributed by atoms with Crippen molar-refractivity contribution in [2.45, 2.75) is 19.4 Å². The zero-order chi connectivity index (χ0) is 9.47. The van der Waals surface area contributed by atoms with E-state index in [4.69, 9.17) is 4.74 Å². The molecule has 0 radical (unpaired) electrons. The molecule has 0 atom stereocenters. The number of halogens is 1. The number of fused-ring (bicyclic) bond motifs is 1. The molecule has 2 rings (SSSR count). The largest absolute Gasteiger partial charge is 0.489 e. The van der Waals surface area contributed by atoms with Gasteiger partial charge in [-0.25, -0.2) is 0 Å². The van der Waals surface area contributed by atoms with Crippen molar-refractivity contribution in [3.8, 4) is 5.75 Å². The zero-order valence-corrected chi connectivity index (χ0v) is 9.31. The maximum atomic E-state index is 5.61. The van der Waals surface area contributed by atoms with Crippen LogP contribution in [0.5, 0.6) is 5.75 Å². The molecule has 0 saturated heterocycles. The number of hydrogen-bond donors (Lipinski definition) is 1. The minimum Gasteiger partial charge on any atom is -0.489 e. The fourth-order valence-electron chi connectivity index (χ4n) is 1.38. The van der Waals surface area contributed by atoms with Crippen LogP contribution in [0.3, 0.4) is 0 Å². The van der Waals surface area contributed by atoms with Crippen LogP contribution in [0.25, 0.3) is 0 Å². The second-order valence-corrected chi connectivity index (χ2v) is 4.85. The van der Waals surface area contributed by atoms with Crippen LogP contribution in [0, 0.1) is 0 Å². The monoisotopic (exact) mass is 241 g/mol. The summed E-state index contributed by atoms with van der Waals surface area (Å²) in [5.41, 5.74) is 1.08. The first kappa shape index (κ1) is 8.88. The van der Waals surface area contributed by atoms with E-state index in [9.17, 15) is 0 Å². The second kappa shape index (κ2) is 2.91. The van der Waals surface area contributed by atoms with Crippen LogP contribution < -0.4 is 10.1 Å². The first-order chi connectivity index (χ1) is 6.07. The molecule has 1 aliphatic heterocycles. The molecule has 2 nitrogen and oxygen atoms in total. The lowest BCUT2D eigenvalue weighted by Crippen LogP contribution is -2.40. The molecule has 1 N–H and O–H groups in total. The van der Waals surface area contributed by atoms with Gasteiger partial charge in [0.25, 0.3) is 0 Å². The zero-order valence-electron chi connectivity index (χ0n) is 7.73. The highest BCUT2D eigenvalue weighted by Gasteiger charge is 2.25. The number of hydrogen-bond acceptors (Lipinski definition) is 2. The third-order valence-electron chi connectivity index (χ3n) is 2.00. The van der Waals surface area contributed by atoms with E-state index in [0.29, 0.717) is 6.61 Å². The van der Waals surface area contributed by atoms with Crippen molar-refractivity contribution in [2.75, 3.05) is 11.9 Å². The molecule has 70 valence electrons. The number of ether oxygens (including phenoxy) is 1. The Morgan fingerprint density at radius 3 is 3.00 bits per heavy atom.